The highest BCUT2D eigenvalue weighted by molar-refractivity contribution is 7.09. The first-order valence-corrected chi connectivity index (χ1v) is 8.74. The van der Waals surface area contributed by atoms with Gasteiger partial charge in [0.1, 0.15) is 0 Å². The van der Waals surface area contributed by atoms with E-state index in [2.05, 4.69) is 26.6 Å². The maximum atomic E-state index is 12.3. The van der Waals surface area contributed by atoms with Crippen LogP contribution in [-0.4, -0.2) is 74.7 Å². The van der Waals surface area contributed by atoms with Crippen LogP contribution in [0.3, 0.4) is 0 Å². The van der Waals surface area contributed by atoms with Crippen LogP contribution >= 0.6 is 11.3 Å². The van der Waals surface area contributed by atoms with Gasteiger partial charge in [-0.1, -0.05) is 6.07 Å². The Labute approximate surface area is 137 Å². The van der Waals surface area contributed by atoms with E-state index in [0.717, 1.165) is 26.1 Å². The lowest BCUT2D eigenvalue weighted by molar-refractivity contribution is -0.129. The summed E-state index contributed by atoms with van der Waals surface area (Å²) in [4.78, 5) is 18.0. The first kappa shape index (κ1) is 17.4. The van der Waals surface area contributed by atoms with E-state index in [4.69, 9.17) is 4.74 Å². The van der Waals surface area contributed by atoms with Crippen molar-refractivity contribution in [3.05, 3.63) is 22.4 Å². The molecule has 0 aliphatic carbocycles. The van der Waals surface area contributed by atoms with Gasteiger partial charge in [0.15, 0.2) is 0 Å². The molecule has 0 bridgehead atoms. The molecule has 124 valence electrons. The minimum atomic E-state index is -0.100. The lowest BCUT2D eigenvalue weighted by Crippen LogP contribution is -2.54. The molecule has 0 spiro atoms. The third-order valence-electron chi connectivity index (χ3n) is 3.92. The molecule has 1 saturated heterocycles. The number of hydrogen-bond acceptors (Lipinski definition) is 5. The Hall–Kier alpha value is -0.950. The van der Waals surface area contributed by atoms with Crippen molar-refractivity contribution in [3.8, 4) is 0 Å². The van der Waals surface area contributed by atoms with Crippen molar-refractivity contribution >= 4 is 17.2 Å². The summed E-state index contributed by atoms with van der Waals surface area (Å²) in [6, 6.07) is 4.05. The zero-order valence-electron chi connectivity index (χ0n) is 13.7. The van der Waals surface area contributed by atoms with Gasteiger partial charge in [-0.2, -0.15) is 0 Å². The number of rotatable bonds is 7. The number of carbonyl (C=O) groups is 1. The van der Waals surface area contributed by atoms with Gasteiger partial charge in [-0.15, -0.1) is 11.3 Å². The van der Waals surface area contributed by atoms with Crippen LogP contribution in [0.4, 0.5) is 0 Å². The van der Waals surface area contributed by atoms with E-state index < -0.39 is 0 Å². The normalized spacial score (nSPS) is 21.0. The fourth-order valence-electron chi connectivity index (χ4n) is 2.69. The Morgan fingerprint density at radius 3 is 3.09 bits per heavy atom. The quantitative estimate of drug-likeness (QED) is 0.814. The predicted molar refractivity (Wildman–Crippen MR) is 90.4 cm³/mol. The number of thiophene rings is 1. The van der Waals surface area contributed by atoms with Crippen molar-refractivity contribution in [1.82, 2.24) is 15.1 Å². The number of hydrogen-bond donors (Lipinski definition) is 1. The largest absolute Gasteiger partial charge is 0.374 e. The van der Waals surface area contributed by atoms with E-state index in [1.165, 1.54) is 4.88 Å². The molecule has 6 heteroatoms. The fraction of sp³-hybridized carbons (Fsp3) is 0.688. The van der Waals surface area contributed by atoms with Gasteiger partial charge in [0, 0.05) is 31.1 Å². The van der Waals surface area contributed by atoms with Gasteiger partial charge in [-0.05, 0) is 38.9 Å². The molecule has 2 rings (SSSR count). The van der Waals surface area contributed by atoms with Crippen molar-refractivity contribution in [1.29, 1.82) is 0 Å². The van der Waals surface area contributed by atoms with Gasteiger partial charge < -0.3 is 15.0 Å². The fourth-order valence-corrected chi connectivity index (χ4v) is 3.40. The molecule has 22 heavy (non-hydrogen) atoms. The van der Waals surface area contributed by atoms with Crippen LogP contribution in [0.1, 0.15) is 11.8 Å². The Kier molecular flexibility index (Phi) is 6.82. The van der Waals surface area contributed by atoms with Gasteiger partial charge >= 0.3 is 0 Å². The highest BCUT2D eigenvalue weighted by Crippen LogP contribution is 2.11. The molecule has 1 aliphatic heterocycles. The standard InChI is InChI=1S/C16H27N3O2S/c1-13(16(20)17-7-6-15-5-4-10-22-15)19-8-9-21-14(12-19)11-18(2)3/h4-5,10,13-14H,6-9,11-12H2,1-3H3,(H,17,20)/t13-,14+/m0/s1. The maximum absolute atomic E-state index is 12.3. The molecular weight excluding hydrogens is 298 g/mol. The molecule has 2 atom stereocenters. The highest BCUT2D eigenvalue weighted by atomic mass is 32.1. The summed E-state index contributed by atoms with van der Waals surface area (Å²) in [6.45, 7) is 5.92. The van der Waals surface area contributed by atoms with Crippen molar-refractivity contribution in [2.45, 2.75) is 25.5 Å². The molecule has 1 aliphatic rings. The number of likely N-dealkylation sites (N-methyl/N-ethyl adjacent to an activating group) is 1. The minimum Gasteiger partial charge on any atom is -0.374 e. The van der Waals surface area contributed by atoms with E-state index in [1.807, 2.05) is 27.1 Å². The second-order valence-electron chi connectivity index (χ2n) is 6.05. The maximum Gasteiger partial charge on any atom is 0.237 e. The van der Waals surface area contributed by atoms with E-state index in [-0.39, 0.29) is 18.1 Å². The van der Waals surface area contributed by atoms with Crippen molar-refractivity contribution in [3.63, 3.8) is 0 Å². The first-order valence-electron chi connectivity index (χ1n) is 7.86. The van der Waals surface area contributed by atoms with Crippen LogP contribution in [0.2, 0.25) is 0 Å². The second kappa shape index (κ2) is 8.62. The SMILES string of the molecule is C[C@@H](C(=O)NCCc1cccs1)N1CCO[C@H](CN(C)C)C1. The first-order chi connectivity index (χ1) is 10.6. The predicted octanol–water partition coefficient (Wildman–Crippen LogP) is 1.06. The average Bonchev–Trinajstić information content (AvgIpc) is 2.99. The number of carbonyl (C=O) groups excluding carboxylic acids is 1. The van der Waals surface area contributed by atoms with Crippen LogP contribution in [-0.2, 0) is 16.0 Å². The number of amides is 1. The van der Waals surface area contributed by atoms with Gasteiger partial charge in [-0.3, -0.25) is 9.69 Å². The Bertz CT molecular complexity index is 450. The average molecular weight is 325 g/mol. The molecule has 1 fully saturated rings. The summed E-state index contributed by atoms with van der Waals surface area (Å²) in [5.74, 6) is 0.113. The van der Waals surface area contributed by atoms with E-state index >= 15 is 0 Å². The molecule has 0 saturated carbocycles. The molecule has 0 aromatic carbocycles. The molecule has 5 nitrogen and oxygen atoms in total. The molecular formula is C16H27N3O2S. The number of nitrogens with zero attached hydrogens (tertiary/aromatic N) is 2. The molecule has 1 amide bonds. The molecule has 1 aromatic heterocycles. The number of morpholine rings is 1. The lowest BCUT2D eigenvalue weighted by Gasteiger charge is -2.37. The van der Waals surface area contributed by atoms with E-state index in [0.29, 0.717) is 13.2 Å². The van der Waals surface area contributed by atoms with Crippen molar-refractivity contribution < 1.29 is 9.53 Å². The van der Waals surface area contributed by atoms with Gasteiger partial charge in [-0.25, -0.2) is 0 Å². The number of ether oxygens (including phenoxy) is 1. The zero-order valence-corrected chi connectivity index (χ0v) is 14.6. The topological polar surface area (TPSA) is 44.8 Å². The summed E-state index contributed by atoms with van der Waals surface area (Å²) >= 11 is 1.73. The molecule has 0 unspecified atom stereocenters. The smallest absolute Gasteiger partial charge is 0.237 e. The Balaban J connectivity index is 1.74. The second-order valence-corrected chi connectivity index (χ2v) is 7.08. The highest BCUT2D eigenvalue weighted by Gasteiger charge is 2.27. The molecule has 1 aromatic rings. The Morgan fingerprint density at radius 1 is 1.59 bits per heavy atom. The summed E-state index contributed by atoms with van der Waals surface area (Å²) in [5, 5.41) is 5.12. The monoisotopic (exact) mass is 325 g/mol. The van der Waals surface area contributed by atoms with Crippen LogP contribution in [0.15, 0.2) is 17.5 Å². The number of nitrogens with one attached hydrogen (secondary N) is 1. The third kappa shape index (κ3) is 5.35. The molecule has 0 radical (unpaired) electrons. The lowest BCUT2D eigenvalue weighted by atomic mass is 10.2. The van der Waals surface area contributed by atoms with Crippen LogP contribution in [0.25, 0.3) is 0 Å². The van der Waals surface area contributed by atoms with Gasteiger partial charge in [0.2, 0.25) is 5.91 Å². The summed E-state index contributed by atoms with van der Waals surface area (Å²) in [6.07, 6.45) is 1.09. The zero-order chi connectivity index (χ0) is 15.9. The molecule has 2 heterocycles. The third-order valence-corrected chi connectivity index (χ3v) is 4.85. The van der Waals surface area contributed by atoms with Crippen molar-refractivity contribution in [2.24, 2.45) is 0 Å². The van der Waals surface area contributed by atoms with Crippen LogP contribution < -0.4 is 5.32 Å². The van der Waals surface area contributed by atoms with Crippen LogP contribution in [0, 0.1) is 0 Å². The summed E-state index contributed by atoms with van der Waals surface area (Å²) < 4.78 is 5.77. The summed E-state index contributed by atoms with van der Waals surface area (Å²) in [5.41, 5.74) is 0. The van der Waals surface area contributed by atoms with Gasteiger partial charge in [0.25, 0.3) is 0 Å². The van der Waals surface area contributed by atoms with E-state index in [1.54, 1.807) is 11.3 Å². The Morgan fingerprint density at radius 2 is 2.41 bits per heavy atom. The van der Waals surface area contributed by atoms with Crippen LogP contribution in [0.5, 0.6) is 0 Å². The van der Waals surface area contributed by atoms with Gasteiger partial charge in [0.05, 0.1) is 18.8 Å². The molecule has 1 N–H and O–H groups in total. The minimum absolute atomic E-state index is 0.100. The van der Waals surface area contributed by atoms with Crippen molar-refractivity contribution in [2.75, 3.05) is 46.9 Å². The van der Waals surface area contributed by atoms with E-state index in [9.17, 15) is 4.79 Å². The summed E-state index contributed by atoms with van der Waals surface area (Å²) in [7, 11) is 4.09.